The molecule has 16 heavy (non-hydrogen) atoms. The lowest BCUT2D eigenvalue weighted by molar-refractivity contribution is 0.0283. The molecule has 0 bridgehead atoms. The van der Waals surface area contributed by atoms with Gasteiger partial charge in [0.15, 0.2) is 0 Å². The van der Waals surface area contributed by atoms with E-state index in [0.29, 0.717) is 6.10 Å². The van der Waals surface area contributed by atoms with E-state index < -0.39 is 8.32 Å². The molecule has 0 aromatic rings. The highest BCUT2D eigenvalue weighted by Crippen LogP contribution is 2.23. The summed E-state index contributed by atoms with van der Waals surface area (Å²) in [5.41, 5.74) is 1.44. The molecule has 1 rings (SSSR count). The third kappa shape index (κ3) is 5.71. The average Bonchev–Trinajstić information content (AvgIpc) is 2.23. The van der Waals surface area contributed by atoms with E-state index in [-0.39, 0.29) is 0 Å². The van der Waals surface area contributed by atoms with Gasteiger partial charge in [-0.05, 0) is 44.5 Å². The standard InChI is InChI=1S/C13H26O2Si/c1-5-6-7-13-10-12(8-9-14-13)11-15-16(2,3)4/h11,13H,5-10H2,1-4H3/b12-11-. The fourth-order valence-corrected chi connectivity index (χ4v) is 2.31. The molecule has 0 aromatic carbocycles. The molecule has 0 aliphatic carbocycles. The highest BCUT2D eigenvalue weighted by atomic mass is 28.4. The molecular weight excluding hydrogens is 216 g/mol. The van der Waals surface area contributed by atoms with Gasteiger partial charge in [0, 0.05) is 0 Å². The van der Waals surface area contributed by atoms with Crippen molar-refractivity contribution in [2.45, 2.75) is 64.8 Å². The van der Waals surface area contributed by atoms with Gasteiger partial charge in [0.2, 0.25) is 8.32 Å². The molecule has 1 aliphatic rings. The topological polar surface area (TPSA) is 18.5 Å². The van der Waals surface area contributed by atoms with Gasteiger partial charge in [-0.25, -0.2) is 0 Å². The first-order valence-corrected chi connectivity index (χ1v) is 9.89. The summed E-state index contributed by atoms with van der Waals surface area (Å²) in [7, 11) is -1.41. The average molecular weight is 242 g/mol. The highest BCUT2D eigenvalue weighted by Gasteiger charge is 2.19. The third-order valence-electron chi connectivity index (χ3n) is 2.73. The Bertz CT molecular complexity index is 231. The second-order valence-electron chi connectivity index (χ2n) is 5.60. The van der Waals surface area contributed by atoms with Crippen LogP contribution in [0.2, 0.25) is 19.6 Å². The van der Waals surface area contributed by atoms with E-state index in [1.54, 1.807) is 0 Å². The van der Waals surface area contributed by atoms with Crippen molar-refractivity contribution in [3.8, 4) is 0 Å². The first-order valence-electron chi connectivity index (χ1n) is 6.48. The molecule has 1 saturated heterocycles. The van der Waals surface area contributed by atoms with E-state index in [2.05, 4.69) is 26.6 Å². The summed E-state index contributed by atoms with van der Waals surface area (Å²) in [6.45, 7) is 9.76. The summed E-state index contributed by atoms with van der Waals surface area (Å²) in [6, 6.07) is 0. The van der Waals surface area contributed by atoms with E-state index in [0.717, 1.165) is 19.4 Å². The van der Waals surface area contributed by atoms with Crippen molar-refractivity contribution in [2.75, 3.05) is 6.61 Å². The largest absolute Gasteiger partial charge is 0.550 e. The van der Waals surface area contributed by atoms with Crippen LogP contribution in [0, 0.1) is 0 Å². The van der Waals surface area contributed by atoms with Crippen LogP contribution >= 0.6 is 0 Å². The molecule has 3 heteroatoms. The molecule has 0 spiro atoms. The van der Waals surface area contributed by atoms with Crippen LogP contribution in [-0.2, 0) is 9.16 Å². The molecule has 1 aliphatic heterocycles. The Balaban J connectivity index is 2.37. The summed E-state index contributed by atoms with van der Waals surface area (Å²) in [5, 5.41) is 0. The molecule has 0 aromatic heterocycles. The second-order valence-corrected chi connectivity index (χ2v) is 10.1. The maximum absolute atomic E-state index is 5.84. The van der Waals surface area contributed by atoms with Gasteiger partial charge in [-0.2, -0.15) is 0 Å². The van der Waals surface area contributed by atoms with E-state index in [1.807, 2.05) is 6.26 Å². The van der Waals surface area contributed by atoms with Gasteiger partial charge in [-0.1, -0.05) is 19.8 Å². The summed E-state index contributed by atoms with van der Waals surface area (Å²) in [5.74, 6) is 0. The molecule has 0 saturated carbocycles. The van der Waals surface area contributed by atoms with Crippen molar-refractivity contribution in [1.29, 1.82) is 0 Å². The molecular formula is C13H26O2Si. The second kappa shape index (κ2) is 6.45. The molecule has 1 atom stereocenters. The predicted octanol–water partition coefficient (Wildman–Crippen LogP) is 4.09. The molecule has 1 unspecified atom stereocenters. The lowest BCUT2D eigenvalue weighted by atomic mass is 10.00. The molecule has 0 radical (unpaired) electrons. The van der Waals surface area contributed by atoms with Gasteiger partial charge < -0.3 is 9.16 Å². The van der Waals surface area contributed by atoms with Gasteiger partial charge in [-0.3, -0.25) is 0 Å². The molecule has 1 heterocycles. The van der Waals surface area contributed by atoms with Crippen molar-refractivity contribution in [3.05, 3.63) is 11.8 Å². The fourth-order valence-electron chi connectivity index (χ4n) is 1.79. The van der Waals surface area contributed by atoms with Crippen molar-refractivity contribution in [3.63, 3.8) is 0 Å². The summed E-state index contributed by atoms with van der Waals surface area (Å²) < 4.78 is 11.6. The third-order valence-corrected chi connectivity index (χ3v) is 3.55. The molecule has 1 fully saturated rings. The SMILES string of the molecule is CCCCC1C/C(=C\O[Si](C)(C)C)CCO1. The van der Waals surface area contributed by atoms with Crippen LogP contribution in [0.15, 0.2) is 11.8 Å². The number of hydrogen-bond acceptors (Lipinski definition) is 2. The minimum atomic E-state index is -1.41. The van der Waals surface area contributed by atoms with Crippen LogP contribution in [0.25, 0.3) is 0 Å². The van der Waals surface area contributed by atoms with Crippen LogP contribution in [0.3, 0.4) is 0 Å². The maximum Gasteiger partial charge on any atom is 0.241 e. The van der Waals surface area contributed by atoms with Crippen LogP contribution in [-0.4, -0.2) is 21.0 Å². The minimum absolute atomic E-state index is 0.435. The van der Waals surface area contributed by atoms with Crippen molar-refractivity contribution in [2.24, 2.45) is 0 Å². The van der Waals surface area contributed by atoms with Gasteiger partial charge in [0.25, 0.3) is 0 Å². The van der Waals surface area contributed by atoms with Crippen molar-refractivity contribution < 1.29 is 9.16 Å². The zero-order chi connectivity index (χ0) is 12.0. The van der Waals surface area contributed by atoms with Gasteiger partial charge in [0.1, 0.15) is 0 Å². The van der Waals surface area contributed by atoms with Crippen LogP contribution < -0.4 is 0 Å². The normalized spacial score (nSPS) is 24.8. The Morgan fingerprint density at radius 1 is 1.44 bits per heavy atom. The number of unbranched alkanes of at least 4 members (excludes halogenated alkanes) is 1. The smallest absolute Gasteiger partial charge is 0.241 e. The Hall–Kier alpha value is -0.283. The lowest BCUT2D eigenvalue weighted by Crippen LogP contribution is -2.24. The van der Waals surface area contributed by atoms with Gasteiger partial charge in [0.05, 0.1) is 19.0 Å². The minimum Gasteiger partial charge on any atom is -0.550 e. The summed E-state index contributed by atoms with van der Waals surface area (Å²) in [6.07, 6.45) is 8.30. The van der Waals surface area contributed by atoms with Crippen LogP contribution in [0.1, 0.15) is 39.0 Å². The van der Waals surface area contributed by atoms with E-state index in [9.17, 15) is 0 Å². The van der Waals surface area contributed by atoms with Crippen molar-refractivity contribution in [1.82, 2.24) is 0 Å². The van der Waals surface area contributed by atoms with Crippen molar-refractivity contribution >= 4 is 8.32 Å². The molecule has 0 amide bonds. The Morgan fingerprint density at radius 3 is 2.81 bits per heavy atom. The Kier molecular flexibility index (Phi) is 5.56. The summed E-state index contributed by atoms with van der Waals surface area (Å²) >= 11 is 0. The lowest BCUT2D eigenvalue weighted by Gasteiger charge is -2.26. The molecule has 94 valence electrons. The van der Waals surface area contributed by atoms with Gasteiger partial charge >= 0.3 is 0 Å². The molecule has 2 nitrogen and oxygen atoms in total. The zero-order valence-electron chi connectivity index (χ0n) is 11.2. The first-order chi connectivity index (χ1) is 7.51. The zero-order valence-corrected chi connectivity index (χ0v) is 12.2. The predicted molar refractivity (Wildman–Crippen MR) is 71.0 cm³/mol. The summed E-state index contributed by atoms with van der Waals surface area (Å²) in [4.78, 5) is 0. The first kappa shape index (κ1) is 13.8. The Morgan fingerprint density at radius 2 is 2.19 bits per heavy atom. The highest BCUT2D eigenvalue weighted by molar-refractivity contribution is 6.69. The van der Waals surface area contributed by atoms with Gasteiger partial charge in [-0.15, -0.1) is 0 Å². The van der Waals surface area contributed by atoms with E-state index in [1.165, 1.54) is 24.8 Å². The quantitative estimate of drug-likeness (QED) is 0.534. The fraction of sp³-hybridized carbons (Fsp3) is 0.846. The van der Waals surface area contributed by atoms with E-state index in [4.69, 9.17) is 9.16 Å². The van der Waals surface area contributed by atoms with E-state index >= 15 is 0 Å². The maximum atomic E-state index is 5.84. The number of rotatable bonds is 5. The monoisotopic (exact) mass is 242 g/mol. The number of hydrogen-bond donors (Lipinski definition) is 0. The number of ether oxygens (including phenoxy) is 1. The Labute approximate surface area is 101 Å². The van der Waals surface area contributed by atoms with Crippen LogP contribution in [0.5, 0.6) is 0 Å². The van der Waals surface area contributed by atoms with Crippen LogP contribution in [0.4, 0.5) is 0 Å². The molecule has 0 N–H and O–H groups in total.